The van der Waals surface area contributed by atoms with Gasteiger partial charge in [-0.3, -0.25) is 14.4 Å². The molecule has 0 spiro atoms. The lowest BCUT2D eigenvalue weighted by atomic mass is 10.1. The Labute approximate surface area is 202 Å². The average Bonchev–Trinajstić information content (AvgIpc) is 2.83. The topological polar surface area (TPSA) is 132 Å². The zero-order chi connectivity index (χ0) is 25.8. The number of esters is 5. The molecule has 2 rings (SSSR count). The molecule has 0 aliphatic carbocycles. The number of rotatable bonds is 11. The summed E-state index contributed by atoms with van der Waals surface area (Å²) in [6.45, 7) is 2.28. The van der Waals surface area contributed by atoms with Gasteiger partial charge < -0.3 is 23.7 Å². The molecule has 2 aromatic rings. The van der Waals surface area contributed by atoms with Crippen LogP contribution in [0.3, 0.4) is 0 Å². The van der Waals surface area contributed by atoms with Crippen LogP contribution in [0.25, 0.3) is 0 Å². The van der Waals surface area contributed by atoms with Crippen molar-refractivity contribution in [2.24, 2.45) is 0 Å². The van der Waals surface area contributed by atoms with Gasteiger partial charge >= 0.3 is 29.8 Å². The Morgan fingerprint density at radius 3 is 1.51 bits per heavy atom. The lowest BCUT2D eigenvalue weighted by Gasteiger charge is -2.31. The number of carbonyl (C=O) groups is 5. The van der Waals surface area contributed by atoms with Gasteiger partial charge in [0.1, 0.15) is 13.2 Å². The smallest absolute Gasteiger partial charge is 0.338 e. The fraction of sp³-hybridized carbons (Fsp3) is 0.320. The molecule has 0 aliphatic heterocycles. The molecule has 0 heterocycles. The summed E-state index contributed by atoms with van der Waals surface area (Å²) in [7, 11) is 0. The van der Waals surface area contributed by atoms with Crippen molar-refractivity contribution in [3.63, 3.8) is 0 Å². The Morgan fingerprint density at radius 1 is 0.571 bits per heavy atom. The van der Waals surface area contributed by atoms with Crippen LogP contribution in [0.1, 0.15) is 41.5 Å². The van der Waals surface area contributed by atoms with Crippen LogP contribution in [0.2, 0.25) is 0 Å². The number of ether oxygens (including phenoxy) is 5. The van der Waals surface area contributed by atoms with E-state index < -0.39 is 61.4 Å². The van der Waals surface area contributed by atoms with Crippen LogP contribution in [0.4, 0.5) is 0 Å². The molecule has 0 amide bonds. The second kappa shape index (κ2) is 13.5. The molecule has 186 valence electrons. The summed E-state index contributed by atoms with van der Waals surface area (Å²) in [6, 6.07) is 16.0. The van der Waals surface area contributed by atoms with Crippen LogP contribution in [-0.4, -0.2) is 61.4 Å². The first-order valence-corrected chi connectivity index (χ1v) is 10.6. The average molecular weight is 486 g/mol. The van der Waals surface area contributed by atoms with E-state index in [1.54, 1.807) is 36.4 Å². The van der Waals surface area contributed by atoms with Crippen molar-refractivity contribution in [3.05, 3.63) is 71.8 Å². The number of hydrogen-bond donors (Lipinski definition) is 0. The van der Waals surface area contributed by atoms with Crippen molar-refractivity contribution in [1.82, 2.24) is 0 Å². The van der Waals surface area contributed by atoms with Gasteiger partial charge in [0.25, 0.3) is 0 Å². The summed E-state index contributed by atoms with van der Waals surface area (Å²) < 4.78 is 26.3. The fourth-order valence-corrected chi connectivity index (χ4v) is 2.98. The monoisotopic (exact) mass is 486 g/mol. The van der Waals surface area contributed by atoms with E-state index in [0.717, 1.165) is 20.8 Å². The summed E-state index contributed by atoms with van der Waals surface area (Å²) in [4.78, 5) is 60.2. The van der Waals surface area contributed by atoms with Crippen molar-refractivity contribution < 1.29 is 47.7 Å². The summed E-state index contributed by atoms with van der Waals surface area (Å²) in [5.41, 5.74) is 0.423. The van der Waals surface area contributed by atoms with Gasteiger partial charge in [0.05, 0.1) is 11.1 Å². The second-order valence-electron chi connectivity index (χ2n) is 7.30. The minimum absolute atomic E-state index is 0.182. The molecule has 0 aliphatic rings. The van der Waals surface area contributed by atoms with E-state index in [1.165, 1.54) is 24.3 Å². The van der Waals surface area contributed by atoms with Crippen LogP contribution in [0, 0.1) is 0 Å². The van der Waals surface area contributed by atoms with Crippen LogP contribution < -0.4 is 0 Å². The van der Waals surface area contributed by atoms with E-state index in [-0.39, 0.29) is 11.1 Å². The van der Waals surface area contributed by atoms with Crippen LogP contribution >= 0.6 is 0 Å². The molecule has 3 atom stereocenters. The number of carbonyl (C=O) groups excluding carboxylic acids is 5. The SMILES string of the molecule is CC(=O)OCC(OC(=O)c1ccccc1)C(OC(C)=O)C(COC(=O)c1ccccc1)OC(C)=O. The minimum atomic E-state index is -1.47. The second-order valence-corrected chi connectivity index (χ2v) is 7.30. The van der Waals surface area contributed by atoms with Crippen LogP contribution in [0.5, 0.6) is 0 Å². The lowest BCUT2D eigenvalue weighted by Crippen LogP contribution is -2.49. The van der Waals surface area contributed by atoms with E-state index in [9.17, 15) is 24.0 Å². The fourth-order valence-electron chi connectivity index (χ4n) is 2.98. The molecule has 0 aromatic heterocycles. The maximum Gasteiger partial charge on any atom is 0.338 e. The molecular formula is C25H26O10. The summed E-state index contributed by atoms with van der Waals surface area (Å²) in [6.07, 6.45) is -4.24. The highest BCUT2D eigenvalue weighted by Gasteiger charge is 2.39. The lowest BCUT2D eigenvalue weighted by molar-refractivity contribution is -0.183. The van der Waals surface area contributed by atoms with Gasteiger partial charge in [-0.05, 0) is 24.3 Å². The standard InChI is InChI=1S/C25H26O10/c1-16(26)31-14-22(35-25(30)20-12-8-5-9-13-20)23(34-18(3)28)21(33-17(2)27)15-32-24(29)19-10-6-4-7-11-19/h4-13,21-23H,14-15H2,1-3H3. The summed E-state index contributed by atoms with van der Waals surface area (Å²) in [5.74, 6) is -3.79. The maximum absolute atomic E-state index is 12.7. The van der Waals surface area contributed by atoms with E-state index in [4.69, 9.17) is 23.7 Å². The third-order valence-electron chi connectivity index (χ3n) is 4.46. The summed E-state index contributed by atoms with van der Waals surface area (Å²) >= 11 is 0. The van der Waals surface area contributed by atoms with Gasteiger partial charge in [-0.25, -0.2) is 9.59 Å². The Kier molecular flexibility index (Phi) is 10.4. The molecule has 0 fully saturated rings. The summed E-state index contributed by atoms with van der Waals surface area (Å²) in [5, 5.41) is 0. The zero-order valence-corrected chi connectivity index (χ0v) is 19.5. The molecule has 0 saturated carbocycles. The quantitative estimate of drug-likeness (QED) is 0.345. The van der Waals surface area contributed by atoms with Crippen molar-refractivity contribution >= 4 is 29.8 Å². The molecule has 0 N–H and O–H groups in total. The van der Waals surface area contributed by atoms with Gasteiger partial charge in [0.2, 0.25) is 0 Å². The van der Waals surface area contributed by atoms with Crippen molar-refractivity contribution in [3.8, 4) is 0 Å². The highest BCUT2D eigenvalue weighted by Crippen LogP contribution is 2.18. The molecule has 0 saturated heterocycles. The largest absolute Gasteiger partial charge is 0.462 e. The Hall–Kier alpha value is -4.21. The van der Waals surface area contributed by atoms with E-state index in [1.807, 2.05) is 0 Å². The highest BCUT2D eigenvalue weighted by atomic mass is 16.6. The molecule has 0 bridgehead atoms. The van der Waals surface area contributed by atoms with Crippen molar-refractivity contribution in [2.75, 3.05) is 13.2 Å². The predicted molar refractivity (Wildman–Crippen MR) is 120 cm³/mol. The van der Waals surface area contributed by atoms with Gasteiger partial charge in [0, 0.05) is 20.8 Å². The maximum atomic E-state index is 12.7. The first-order valence-electron chi connectivity index (χ1n) is 10.6. The first-order chi connectivity index (χ1) is 16.7. The zero-order valence-electron chi connectivity index (χ0n) is 19.5. The van der Waals surface area contributed by atoms with Crippen molar-refractivity contribution in [1.29, 1.82) is 0 Å². The Balaban J connectivity index is 2.32. The van der Waals surface area contributed by atoms with Gasteiger partial charge in [-0.15, -0.1) is 0 Å². The molecule has 10 nitrogen and oxygen atoms in total. The van der Waals surface area contributed by atoms with E-state index in [2.05, 4.69) is 0 Å². The molecule has 35 heavy (non-hydrogen) atoms. The molecule has 10 heteroatoms. The minimum Gasteiger partial charge on any atom is -0.462 e. The number of benzene rings is 2. The van der Waals surface area contributed by atoms with Crippen LogP contribution in [-0.2, 0) is 38.1 Å². The predicted octanol–water partition coefficient (Wildman–Crippen LogP) is 2.50. The molecule has 2 aromatic carbocycles. The third-order valence-corrected chi connectivity index (χ3v) is 4.46. The Morgan fingerprint density at radius 2 is 1.03 bits per heavy atom. The molecule has 0 radical (unpaired) electrons. The third kappa shape index (κ3) is 9.28. The van der Waals surface area contributed by atoms with Gasteiger partial charge in [0.15, 0.2) is 18.3 Å². The van der Waals surface area contributed by atoms with Gasteiger partial charge in [-0.2, -0.15) is 0 Å². The number of hydrogen-bond acceptors (Lipinski definition) is 10. The van der Waals surface area contributed by atoms with E-state index in [0.29, 0.717) is 0 Å². The Bertz CT molecular complexity index is 1020. The first kappa shape index (κ1) is 27.0. The van der Waals surface area contributed by atoms with E-state index >= 15 is 0 Å². The van der Waals surface area contributed by atoms with Crippen molar-refractivity contribution in [2.45, 2.75) is 39.1 Å². The van der Waals surface area contributed by atoms with Crippen LogP contribution in [0.15, 0.2) is 60.7 Å². The highest BCUT2D eigenvalue weighted by molar-refractivity contribution is 5.90. The molecule has 3 unspecified atom stereocenters. The molecular weight excluding hydrogens is 460 g/mol. The normalized spacial score (nSPS) is 12.9. The van der Waals surface area contributed by atoms with Gasteiger partial charge in [-0.1, -0.05) is 36.4 Å².